The Balaban J connectivity index is 1.95. The highest BCUT2D eigenvalue weighted by Crippen LogP contribution is 2.37. The van der Waals surface area contributed by atoms with Crippen molar-refractivity contribution in [3.8, 4) is 5.75 Å². The smallest absolute Gasteiger partial charge is 0.417 e. The second-order valence-electron chi connectivity index (χ2n) is 8.44. The molecule has 0 fully saturated rings. The first-order valence-corrected chi connectivity index (χ1v) is 13.1. The largest absolute Gasteiger partial charge is 0.493 e. The van der Waals surface area contributed by atoms with E-state index in [-0.39, 0.29) is 25.4 Å². The van der Waals surface area contributed by atoms with Crippen LogP contribution in [0.4, 0.5) is 18.9 Å². The summed E-state index contributed by atoms with van der Waals surface area (Å²) in [7, 11) is -4.56. The summed E-state index contributed by atoms with van der Waals surface area (Å²) in [5, 5.41) is 8.98. The normalized spacial score (nSPS) is 11.9. The van der Waals surface area contributed by atoms with Gasteiger partial charge in [0.05, 0.1) is 22.8 Å². The molecule has 0 aliphatic rings. The van der Waals surface area contributed by atoms with Crippen LogP contribution in [0.25, 0.3) is 0 Å². The quantitative estimate of drug-likeness (QED) is 0.297. The standard InChI is InChI=1S/C27H30F3NO4S/c1-21-14-15-25(27(28,29)30)26(19-21)36(33,34)31(16-6-5-11-22-9-3-2-4-10-22)23-12-7-13-24(20-23)35-18-8-17-32/h2-4,7,9-10,12-15,19-20,32H,5-6,8,11,16-18H2,1H3. The number of aryl methyl sites for hydroxylation is 2. The summed E-state index contributed by atoms with van der Waals surface area (Å²) in [6.45, 7) is 1.72. The lowest BCUT2D eigenvalue weighted by Gasteiger charge is -2.27. The molecule has 0 saturated heterocycles. The molecule has 194 valence electrons. The molecule has 3 aromatic carbocycles. The van der Waals surface area contributed by atoms with Gasteiger partial charge in [0.25, 0.3) is 10.0 Å². The van der Waals surface area contributed by atoms with Crippen LogP contribution >= 0.6 is 0 Å². The van der Waals surface area contributed by atoms with Crippen LogP contribution in [0.3, 0.4) is 0 Å². The fraction of sp³-hybridized carbons (Fsp3) is 0.333. The first-order chi connectivity index (χ1) is 17.1. The lowest BCUT2D eigenvalue weighted by molar-refractivity contribution is -0.139. The molecule has 0 unspecified atom stereocenters. The van der Waals surface area contributed by atoms with Gasteiger partial charge in [-0.2, -0.15) is 13.2 Å². The second-order valence-corrected chi connectivity index (χ2v) is 10.3. The second kappa shape index (κ2) is 12.3. The minimum atomic E-state index is -4.83. The summed E-state index contributed by atoms with van der Waals surface area (Å²) in [6.07, 6.45) is -2.62. The molecule has 3 aromatic rings. The van der Waals surface area contributed by atoms with Crippen molar-refractivity contribution in [3.05, 3.63) is 89.5 Å². The van der Waals surface area contributed by atoms with Crippen molar-refractivity contribution < 1.29 is 31.4 Å². The zero-order chi connectivity index (χ0) is 26.2. The SMILES string of the molecule is Cc1ccc(C(F)(F)F)c(S(=O)(=O)N(CCCCc2ccccc2)c2cccc(OCCCO)c2)c1. The first-order valence-electron chi connectivity index (χ1n) is 11.7. The van der Waals surface area contributed by atoms with Crippen molar-refractivity contribution in [2.75, 3.05) is 24.1 Å². The number of ether oxygens (including phenoxy) is 1. The zero-order valence-corrected chi connectivity index (χ0v) is 20.9. The average Bonchev–Trinajstić information content (AvgIpc) is 2.84. The minimum Gasteiger partial charge on any atom is -0.493 e. The van der Waals surface area contributed by atoms with Gasteiger partial charge in [0.2, 0.25) is 0 Å². The molecule has 0 aromatic heterocycles. The van der Waals surface area contributed by atoms with Crippen LogP contribution in [-0.2, 0) is 22.6 Å². The van der Waals surface area contributed by atoms with Gasteiger partial charge < -0.3 is 9.84 Å². The Morgan fingerprint density at radius 3 is 2.36 bits per heavy atom. The van der Waals surface area contributed by atoms with Crippen LogP contribution in [0.2, 0.25) is 0 Å². The van der Waals surface area contributed by atoms with Crippen molar-refractivity contribution in [2.24, 2.45) is 0 Å². The fourth-order valence-electron chi connectivity index (χ4n) is 3.80. The molecule has 0 radical (unpaired) electrons. The predicted molar refractivity (Wildman–Crippen MR) is 134 cm³/mol. The summed E-state index contributed by atoms with van der Waals surface area (Å²) >= 11 is 0. The number of halogens is 3. The van der Waals surface area contributed by atoms with Gasteiger partial charge in [0.15, 0.2) is 0 Å². The third kappa shape index (κ3) is 7.24. The van der Waals surface area contributed by atoms with Gasteiger partial charge in [-0.25, -0.2) is 8.42 Å². The van der Waals surface area contributed by atoms with Crippen LogP contribution in [0.1, 0.15) is 36.0 Å². The van der Waals surface area contributed by atoms with E-state index in [1.807, 2.05) is 30.3 Å². The van der Waals surface area contributed by atoms with Gasteiger partial charge in [-0.3, -0.25) is 4.31 Å². The third-order valence-electron chi connectivity index (χ3n) is 5.61. The number of aliphatic hydroxyl groups excluding tert-OH is 1. The Hall–Kier alpha value is -3.04. The lowest BCUT2D eigenvalue weighted by atomic mass is 10.1. The molecular weight excluding hydrogens is 491 g/mol. The number of rotatable bonds is 12. The molecule has 0 aliphatic carbocycles. The van der Waals surface area contributed by atoms with Crippen molar-refractivity contribution in [2.45, 2.75) is 43.7 Å². The highest BCUT2D eigenvalue weighted by atomic mass is 32.2. The summed E-state index contributed by atoms with van der Waals surface area (Å²) in [5.74, 6) is 0.366. The highest BCUT2D eigenvalue weighted by Gasteiger charge is 2.39. The molecular formula is C27H30F3NO4S. The lowest BCUT2D eigenvalue weighted by Crippen LogP contribution is -2.33. The number of aliphatic hydroxyl groups is 1. The van der Waals surface area contributed by atoms with Crippen molar-refractivity contribution >= 4 is 15.7 Å². The number of benzene rings is 3. The Labute approximate surface area is 210 Å². The maximum atomic E-state index is 13.8. The van der Waals surface area contributed by atoms with E-state index in [4.69, 9.17) is 9.84 Å². The van der Waals surface area contributed by atoms with E-state index in [9.17, 15) is 21.6 Å². The maximum absolute atomic E-state index is 13.8. The molecule has 0 heterocycles. The van der Waals surface area contributed by atoms with Gasteiger partial charge in [-0.05, 0) is 61.6 Å². The van der Waals surface area contributed by atoms with E-state index >= 15 is 0 Å². The molecule has 9 heteroatoms. The van der Waals surface area contributed by atoms with Gasteiger partial charge >= 0.3 is 6.18 Å². The maximum Gasteiger partial charge on any atom is 0.417 e. The Bertz CT molecular complexity index is 1230. The van der Waals surface area contributed by atoms with Gasteiger partial charge in [-0.15, -0.1) is 0 Å². The summed E-state index contributed by atoms with van der Waals surface area (Å²) in [4.78, 5) is -0.773. The molecule has 0 atom stereocenters. The van der Waals surface area contributed by atoms with Crippen molar-refractivity contribution in [1.82, 2.24) is 0 Å². The Morgan fingerprint density at radius 2 is 1.67 bits per heavy atom. The van der Waals surface area contributed by atoms with E-state index in [1.165, 1.54) is 18.2 Å². The van der Waals surface area contributed by atoms with Crippen LogP contribution in [-0.4, -0.2) is 33.3 Å². The van der Waals surface area contributed by atoms with Crippen molar-refractivity contribution in [3.63, 3.8) is 0 Å². The van der Waals surface area contributed by atoms with E-state index in [0.717, 1.165) is 28.4 Å². The van der Waals surface area contributed by atoms with Gasteiger partial charge in [0.1, 0.15) is 5.75 Å². The molecule has 36 heavy (non-hydrogen) atoms. The van der Waals surface area contributed by atoms with Crippen molar-refractivity contribution in [1.29, 1.82) is 0 Å². The third-order valence-corrected chi connectivity index (χ3v) is 7.47. The number of hydrogen-bond acceptors (Lipinski definition) is 4. The molecule has 0 amide bonds. The minimum absolute atomic E-state index is 0.000495. The Kier molecular flexibility index (Phi) is 9.39. The molecule has 0 aliphatic heterocycles. The van der Waals surface area contributed by atoms with Gasteiger partial charge in [-0.1, -0.05) is 42.5 Å². The number of nitrogens with zero attached hydrogens (tertiary/aromatic N) is 1. The Morgan fingerprint density at radius 1 is 0.917 bits per heavy atom. The molecule has 0 saturated carbocycles. The summed E-state index contributed by atoms with van der Waals surface area (Å²) in [6, 6.07) is 19.1. The zero-order valence-electron chi connectivity index (χ0n) is 20.0. The molecule has 0 bridgehead atoms. The van der Waals surface area contributed by atoms with Crippen LogP contribution in [0, 0.1) is 6.92 Å². The van der Waals surface area contributed by atoms with E-state index in [2.05, 4.69) is 0 Å². The number of unbranched alkanes of at least 4 members (excludes halogenated alkanes) is 1. The number of hydrogen-bond donors (Lipinski definition) is 1. The topological polar surface area (TPSA) is 66.8 Å². The number of sulfonamides is 1. The monoisotopic (exact) mass is 521 g/mol. The van der Waals surface area contributed by atoms with Crippen LogP contribution < -0.4 is 9.04 Å². The van der Waals surface area contributed by atoms with E-state index in [1.54, 1.807) is 19.1 Å². The van der Waals surface area contributed by atoms with E-state index < -0.39 is 26.7 Å². The number of anilines is 1. The molecule has 0 spiro atoms. The van der Waals surface area contributed by atoms with E-state index in [0.29, 0.717) is 30.6 Å². The summed E-state index contributed by atoms with van der Waals surface area (Å²) in [5.41, 5.74) is 0.527. The molecule has 1 N–H and O–H groups in total. The van der Waals surface area contributed by atoms with Crippen LogP contribution in [0.15, 0.2) is 77.7 Å². The summed E-state index contributed by atoms with van der Waals surface area (Å²) < 4.78 is 75.4. The van der Waals surface area contributed by atoms with Crippen LogP contribution in [0.5, 0.6) is 5.75 Å². The molecule has 5 nitrogen and oxygen atoms in total. The number of alkyl halides is 3. The molecule has 3 rings (SSSR count). The highest BCUT2D eigenvalue weighted by molar-refractivity contribution is 7.92. The average molecular weight is 522 g/mol. The predicted octanol–water partition coefficient (Wildman–Crippen LogP) is 5.99. The fourth-order valence-corrected chi connectivity index (χ4v) is 5.59. The van der Waals surface area contributed by atoms with Gasteiger partial charge in [0, 0.05) is 25.6 Å². The first kappa shape index (κ1) is 27.5.